The number of carbonyl (C=O) groups excluding carboxylic acids is 2. The van der Waals surface area contributed by atoms with Crippen molar-refractivity contribution < 1.29 is 9.59 Å². The zero-order chi connectivity index (χ0) is 18.4. The molecule has 0 bridgehead atoms. The second kappa shape index (κ2) is 8.65. The van der Waals surface area contributed by atoms with Crippen LogP contribution in [0.25, 0.3) is 0 Å². The number of piperidine rings is 1. The van der Waals surface area contributed by atoms with Crippen LogP contribution in [0.1, 0.15) is 40.7 Å². The molecule has 3 rings (SSSR count). The minimum Gasteiger partial charge on any atom is -0.349 e. The molecule has 1 heterocycles. The average Bonchev–Trinajstić information content (AvgIpc) is 2.68. The van der Waals surface area contributed by atoms with E-state index in [1.54, 1.807) is 0 Å². The summed E-state index contributed by atoms with van der Waals surface area (Å²) in [5, 5.41) is 3.10. The molecule has 1 saturated heterocycles. The first-order chi connectivity index (χ1) is 12.6. The van der Waals surface area contributed by atoms with Crippen LogP contribution in [0.15, 0.2) is 54.6 Å². The van der Waals surface area contributed by atoms with Crippen LogP contribution >= 0.6 is 0 Å². The van der Waals surface area contributed by atoms with Gasteiger partial charge in [0, 0.05) is 31.1 Å². The maximum atomic E-state index is 12.4. The van der Waals surface area contributed by atoms with Crippen molar-refractivity contribution in [2.75, 3.05) is 13.1 Å². The molecule has 0 aliphatic carbocycles. The molecule has 4 nitrogen and oxygen atoms in total. The van der Waals surface area contributed by atoms with Gasteiger partial charge in [0.1, 0.15) is 0 Å². The fourth-order valence-electron chi connectivity index (χ4n) is 3.30. The van der Waals surface area contributed by atoms with Gasteiger partial charge in [-0.2, -0.15) is 0 Å². The van der Waals surface area contributed by atoms with Crippen molar-refractivity contribution in [2.24, 2.45) is 0 Å². The van der Waals surface area contributed by atoms with Crippen LogP contribution in [0.2, 0.25) is 0 Å². The van der Waals surface area contributed by atoms with Gasteiger partial charge < -0.3 is 10.2 Å². The van der Waals surface area contributed by atoms with E-state index in [9.17, 15) is 9.59 Å². The van der Waals surface area contributed by atoms with E-state index >= 15 is 0 Å². The fraction of sp³-hybridized carbons (Fsp3) is 0.364. The number of hydrogen-bond donors (Lipinski definition) is 1. The third-order valence-electron chi connectivity index (χ3n) is 4.97. The summed E-state index contributed by atoms with van der Waals surface area (Å²) in [6, 6.07) is 17.8. The highest BCUT2D eigenvalue weighted by molar-refractivity contribution is 5.94. The number of amides is 2. The van der Waals surface area contributed by atoms with Gasteiger partial charge in [-0.25, -0.2) is 0 Å². The van der Waals surface area contributed by atoms with E-state index in [1.807, 2.05) is 54.3 Å². The third-order valence-corrected chi connectivity index (χ3v) is 4.97. The molecule has 1 N–H and O–H groups in total. The van der Waals surface area contributed by atoms with Gasteiger partial charge in [0.2, 0.25) is 5.91 Å². The van der Waals surface area contributed by atoms with Crippen LogP contribution in [0.5, 0.6) is 0 Å². The Morgan fingerprint density at radius 3 is 2.31 bits per heavy atom. The SMILES string of the molecule is Cc1ccc(C(=O)NC2CCN(C(=O)CCc3ccccc3)CC2)cc1. The van der Waals surface area contributed by atoms with E-state index < -0.39 is 0 Å². The second-order valence-electron chi connectivity index (χ2n) is 6.98. The number of rotatable bonds is 5. The maximum Gasteiger partial charge on any atom is 0.251 e. The van der Waals surface area contributed by atoms with Crippen LogP contribution in [-0.2, 0) is 11.2 Å². The standard InChI is InChI=1S/C22H26N2O2/c1-17-7-10-19(11-8-17)22(26)23-20-13-15-24(16-14-20)21(25)12-9-18-5-3-2-4-6-18/h2-8,10-11,20H,9,12-16H2,1H3,(H,23,26). The number of nitrogens with one attached hydrogen (secondary N) is 1. The number of carbonyl (C=O) groups is 2. The Morgan fingerprint density at radius 1 is 1.00 bits per heavy atom. The molecule has 2 amide bonds. The highest BCUT2D eigenvalue weighted by Gasteiger charge is 2.23. The minimum atomic E-state index is -0.0288. The topological polar surface area (TPSA) is 49.4 Å². The largest absolute Gasteiger partial charge is 0.349 e. The number of aryl methyl sites for hydroxylation is 2. The van der Waals surface area contributed by atoms with E-state index in [0.29, 0.717) is 25.1 Å². The van der Waals surface area contributed by atoms with Gasteiger partial charge in [-0.15, -0.1) is 0 Å². The van der Waals surface area contributed by atoms with E-state index in [1.165, 1.54) is 5.56 Å². The Hall–Kier alpha value is -2.62. The molecule has 0 saturated carbocycles. The highest BCUT2D eigenvalue weighted by Crippen LogP contribution is 2.14. The predicted molar refractivity (Wildman–Crippen MR) is 103 cm³/mol. The first kappa shape index (κ1) is 18.2. The van der Waals surface area contributed by atoms with Gasteiger partial charge in [0.15, 0.2) is 0 Å². The smallest absolute Gasteiger partial charge is 0.251 e. The average molecular weight is 350 g/mol. The molecule has 136 valence electrons. The van der Waals surface area contributed by atoms with Crippen LogP contribution in [-0.4, -0.2) is 35.8 Å². The molecular formula is C22H26N2O2. The summed E-state index contributed by atoms with van der Waals surface area (Å²) in [5.41, 5.74) is 3.03. The molecule has 0 radical (unpaired) electrons. The Balaban J connectivity index is 1.42. The fourth-order valence-corrected chi connectivity index (χ4v) is 3.30. The zero-order valence-electron chi connectivity index (χ0n) is 15.3. The van der Waals surface area contributed by atoms with Gasteiger partial charge in [-0.3, -0.25) is 9.59 Å². The number of hydrogen-bond acceptors (Lipinski definition) is 2. The molecule has 0 unspecified atom stereocenters. The molecule has 1 fully saturated rings. The minimum absolute atomic E-state index is 0.0288. The summed E-state index contributed by atoms with van der Waals surface area (Å²) >= 11 is 0. The summed E-state index contributed by atoms with van der Waals surface area (Å²) in [7, 11) is 0. The first-order valence-corrected chi connectivity index (χ1v) is 9.31. The highest BCUT2D eigenvalue weighted by atomic mass is 16.2. The monoisotopic (exact) mass is 350 g/mol. The van der Waals surface area contributed by atoms with Gasteiger partial charge >= 0.3 is 0 Å². The molecule has 4 heteroatoms. The number of benzene rings is 2. The Morgan fingerprint density at radius 2 is 1.65 bits per heavy atom. The van der Waals surface area contributed by atoms with Crippen molar-refractivity contribution in [3.8, 4) is 0 Å². The van der Waals surface area contributed by atoms with Crippen molar-refractivity contribution >= 4 is 11.8 Å². The molecule has 26 heavy (non-hydrogen) atoms. The van der Waals surface area contributed by atoms with E-state index in [0.717, 1.165) is 24.8 Å². The van der Waals surface area contributed by atoms with Gasteiger partial charge in [-0.1, -0.05) is 48.0 Å². The molecule has 0 spiro atoms. The summed E-state index contributed by atoms with van der Waals surface area (Å²) in [6.45, 7) is 3.44. The van der Waals surface area contributed by atoms with Crippen LogP contribution < -0.4 is 5.32 Å². The van der Waals surface area contributed by atoms with Crippen molar-refractivity contribution in [3.63, 3.8) is 0 Å². The van der Waals surface area contributed by atoms with Crippen LogP contribution in [0, 0.1) is 6.92 Å². The Bertz CT molecular complexity index is 732. The van der Waals surface area contributed by atoms with Crippen LogP contribution in [0.3, 0.4) is 0 Å². The maximum absolute atomic E-state index is 12.4. The molecule has 1 aliphatic heterocycles. The van der Waals surface area contributed by atoms with Gasteiger partial charge in [-0.05, 0) is 43.9 Å². The lowest BCUT2D eigenvalue weighted by Crippen LogP contribution is -2.46. The van der Waals surface area contributed by atoms with Crippen molar-refractivity contribution in [2.45, 2.75) is 38.6 Å². The Kier molecular flexibility index (Phi) is 6.05. The van der Waals surface area contributed by atoms with Crippen molar-refractivity contribution in [3.05, 3.63) is 71.3 Å². The quantitative estimate of drug-likeness (QED) is 0.899. The normalized spacial score (nSPS) is 14.9. The lowest BCUT2D eigenvalue weighted by molar-refractivity contribution is -0.132. The lowest BCUT2D eigenvalue weighted by Gasteiger charge is -2.32. The summed E-state index contributed by atoms with van der Waals surface area (Å²) in [6.07, 6.45) is 2.96. The predicted octanol–water partition coefficient (Wildman–Crippen LogP) is 3.35. The number of nitrogens with zero attached hydrogens (tertiary/aromatic N) is 1. The van der Waals surface area contributed by atoms with Gasteiger partial charge in [0.05, 0.1) is 0 Å². The number of likely N-dealkylation sites (tertiary alicyclic amines) is 1. The summed E-state index contributed by atoms with van der Waals surface area (Å²) < 4.78 is 0. The molecular weight excluding hydrogens is 324 g/mol. The molecule has 0 aromatic heterocycles. The van der Waals surface area contributed by atoms with Crippen molar-refractivity contribution in [1.29, 1.82) is 0 Å². The lowest BCUT2D eigenvalue weighted by atomic mass is 10.0. The summed E-state index contributed by atoms with van der Waals surface area (Å²) in [5.74, 6) is 0.177. The van der Waals surface area contributed by atoms with Crippen LogP contribution in [0.4, 0.5) is 0 Å². The molecule has 2 aromatic carbocycles. The molecule has 1 aliphatic rings. The molecule has 0 atom stereocenters. The summed E-state index contributed by atoms with van der Waals surface area (Å²) in [4.78, 5) is 26.6. The molecule has 2 aromatic rings. The second-order valence-corrected chi connectivity index (χ2v) is 6.98. The van der Waals surface area contributed by atoms with Gasteiger partial charge in [0.25, 0.3) is 5.91 Å². The Labute approximate surface area is 155 Å². The first-order valence-electron chi connectivity index (χ1n) is 9.31. The van der Waals surface area contributed by atoms with E-state index in [4.69, 9.17) is 0 Å². The van der Waals surface area contributed by atoms with E-state index in [-0.39, 0.29) is 17.9 Å². The van der Waals surface area contributed by atoms with E-state index in [2.05, 4.69) is 17.4 Å². The third kappa shape index (κ3) is 4.94. The van der Waals surface area contributed by atoms with Crippen molar-refractivity contribution in [1.82, 2.24) is 10.2 Å². The zero-order valence-corrected chi connectivity index (χ0v) is 15.3.